The van der Waals surface area contributed by atoms with Gasteiger partial charge in [0.05, 0.1) is 24.5 Å². The molecule has 1 N–H and O–H groups in total. The van der Waals surface area contributed by atoms with Gasteiger partial charge in [-0.2, -0.15) is 0 Å². The number of aliphatic hydroxyl groups is 1. The van der Waals surface area contributed by atoms with Crippen LogP contribution in [-0.2, 0) is 23.9 Å². The molecule has 0 aromatic heterocycles. The van der Waals surface area contributed by atoms with Gasteiger partial charge in [-0.25, -0.2) is 0 Å². The monoisotopic (exact) mass is 448 g/mol. The number of carbonyl (C=O) groups excluding carboxylic acids is 3. The minimum atomic E-state index is -1.05. The van der Waals surface area contributed by atoms with E-state index >= 15 is 0 Å². The van der Waals surface area contributed by atoms with E-state index in [2.05, 4.69) is 13.2 Å². The van der Waals surface area contributed by atoms with Crippen molar-refractivity contribution in [1.82, 2.24) is 9.80 Å². The van der Waals surface area contributed by atoms with Crippen molar-refractivity contribution in [2.45, 2.75) is 69.7 Å². The maximum Gasteiger partial charge on any atom is 0.312 e. The number of carbonyl (C=O) groups is 3. The molecule has 2 bridgehead atoms. The highest BCUT2D eigenvalue weighted by Crippen LogP contribution is 2.59. The van der Waals surface area contributed by atoms with E-state index in [1.165, 1.54) is 4.90 Å². The van der Waals surface area contributed by atoms with Crippen molar-refractivity contribution in [2.75, 3.05) is 26.3 Å². The van der Waals surface area contributed by atoms with Gasteiger partial charge in [0.15, 0.2) is 0 Å². The molecule has 0 aromatic rings. The second-order valence-corrected chi connectivity index (χ2v) is 9.82. The van der Waals surface area contributed by atoms with Crippen LogP contribution in [0, 0.1) is 11.8 Å². The van der Waals surface area contributed by atoms with Gasteiger partial charge in [0.1, 0.15) is 11.6 Å². The first-order valence-corrected chi connectivity index (χ1v) is 11.4. The standard InChI is InChI=1S/C24H36N2O6/c1-6-8-15-31-22(30)17-16-10-11-24(32-16)18(17)20(28)25(13-9-14-27)19(24)21(29)26(12-7-2)23(3,4)5/h6-7,16-19,27H,1-2,8-15H2,3-5H3/t16-,17+,18-,19?,24?/m0/s1. The number of aliphatic hydroxyl groups excluding tert-OH is 1. The molecule has 3 aliphatic heterocycles. The summed E-state index contributed by atoms with van der Waals surface area (Å²) in [6, 6.07) is -0.846. The van der Waals surface area contributed by atoms with E-state index in [9.17, 15) is 19.5 Å². The lowest BCUT2D eigenvalue weighted by Gasteiger charge is -2.42. The second-order valence-electron chi connectivity index (χ2n) is 9.82. The van der Waals surface area contributed by atoms with Crippen LogP contribution in [-0.4, -0.2) is 82.3 Å². The highest BCUT2D eigenvalue weighted by Gasteiger charge is 2.75. The van der Waals surface area contributed by atoms with E-state index in [-0.39, 0.29) is 31.6 Å². The largest absolute Gasteiger partial charge is 0.465 e. The third-order valence-electron chi connectivity index (χ3n) is 6.82. The van der Waals surface area contributed by atoms with Crippen LogP contribution in [0.2, 0.25) is 0 Å². The van der Waals surface area contributed by atoms with Crippen molar-refractivity contribution in [3.8, 4) is 0 Å². The van der Waals surface area contributed by atoms with Crippen molar-refractivity contribution < 1.29 is 29.0 Å². The summed E-state index contributed by atoms with van der Waals surface area (Å²) in [6.45, 7) is 13.9. The predicted molar refractivity (Wildman–Crippen MR) is 118 cm³/mol. The van der Waals surface area contributed by atoms with Gasteiger partial charge in [-0.05, 0) is 46.5 Å². The molecule has 0 saturated carbocycles. The Morgan fingerprint density at radius 2 is 2.06 bits per heavy atom. The lowest BCUT2D eigenvalue weighted by atomic mass is 9.70. The smallest absolute Gasteiger partial charge is 0.312 e. The summed E-state index contributed by atoms with van der Waals surface area (Å²) in [5.74, 6) is -2.41. The fourth-order valence-corrected chi connectivity index (χ4v) is 5.49. The molecule has 2 amide bonds. The van der Waals surface area contributed by atoms with Crippen molar-refractivity contribution in [1.29, 1.82) is 0 Å². The number of ether oxygens (including phenoxy) is 2. The summed E-state index contributed by atoms with van der Waals surface area (Å²) in [5.41, 5.74) is -1.55. The van der Waals surface area contributed by atoms with Crippen LogP contribution in [0.25, 0.3) is 0 Å². The maximum absolute atomic E-state index is 13.9. The molecule has 32 heavy (non-hydrogen) atoms. The highest BCUT2D eigenvalue weighted by molar-refractivity contribution is 5.98. The molecule has 0 aromatic carbocycles. The molecule has 3 aliphatic rings. The second kappa shape index (κ2) is 9.35. The van der Waals surface area contributed by atoms with Gasteiger partial charge in [0, 0.05) is 25.2 Å². The van der Waals surface area contributed by atoms with Crippen molar-refractivity contribution in [3.05, 3.63) is 25.3 Å². The third-order valence-corrected chi connectivity index (χ3v) is 6.82. The molecule has 5 atom stereocenters. The van der Waals surface area contributed by atoms with Crippen molar-refractivity contribution in [3.63, 3.8) is 0 Å². The Labute approximate surface area is 190 Å². The number of likely N-dealkylation sites (tertiary alicyclic amines) is 1. The van der Waals surface area contributed by atoms with Crippen LogP contribution in [0.5, 0.6) is 0 Å². The van der Waals surface area contributed by atoms with E-state index in [1.54, 1.807) is 17.1 Å². The third kappa shape index (κ3) is 3.99. The van der Waals surface area contributed by atoms with Gasteiger partial charge in [-0.3, -0.25) is 14.4 Å². The molecule has 3 saturated heterocycles. The Hall–Kier alpha value is -2.19. The van der Waals surface area contributed by atoms with Gasteiger partial charge < -0.3 is 24.4 Å². The first kappa shape index (κ1) is 24.5. The van der Waals surface area contributed by atoms with E-state index in [1.807, 2.05) is 20.8 Å². The average Bonchev–Trinajstić information content (AvgIpc) is 3.36. The molecule has 8 nitrogen and oxygen atoms in total. The summed E-state index contributed by atoms with van der Waals surface area (Å²) in [4.78, 5) is 43.7. The van der Waals surface area contributed by atoms with Crippen LogP contribution < -0.4 is 0 Å². The van der Waals surface area contributed by atoms with Crippen LogP contribution in [0.15, 0.2) is 25.3 Å². The van der Waals surface area contributed by atoms with Gasteiger partial charge in [-0.1, -0.05) is 12.2 Å². The normalized spacial score (nSPS) is 30.9. The zero-order chi connectivity index (χ0) is 23.7. The minimum Gasteiger partial charge on any atom is -0.465 e. The Bertz CT molecular complexity index is 775. The summed E-state index contributed by atoms with van der Waals surface area (Å²) in [7, 11) is 0. The van der Waals surface area contributed by atoms with Crippen LogP contribution in [0.3, 0.4) is 0 Å². The van der Waals surface area contributed by atoms with Crippen molar-refractivity contribution >= 4 is 17.8 Å². The number of esters is 1. The van der Waals surface area contributed by atoms with E-state index < -0.39 is 41.1 Å². The Kier molecular flexibility index (Phi) is 7.15. The Morgan fingerprint density at radius 3 is 2.66 bits per heavy atom. The molecule has 0 radical (unpaired) electrons. The SMILES string of the molecule is C=CCCOC(=O)[C@@H]1[C@@H]2CCC3(O2)C(C(=O)N(CC=C)C(C)(C)C)N(CCCO)C(=O)[C@H]13. The minimum absolute atomic E-state index is 0.103. The number of rotatable bonds is 10. The molecular weight excluding hydrogens is 412 g/mol. The van der Waals surface area contributed by atoms with E-state index in [0.717, 1.165) is 0 Å². The summed E-state index contributed by atoms with van der Waals surface area (Å²) < 4.78 is 11.8. The average molecular weight is 449 g/mol. The fourth-order valence-electron chi connectivity index (χ4n) is 5.49. The van der Waals surface area contributed by atoms with Crippen molar-refractivity contribution in [2.24, 2.45) is 11.8 Å². The molecule has 0 aliphatic carbocycles. The first-order chi connectivity index (χ1) is 15.1. The van der Waals surface area contributed by atoms with Gasteiger partial charge in [0.2, 0.25) is 11.8 Å². The van der Waals surface area contributed by atoms with Gasteiger partial charge in [-0.15, -0.1) is 13.2 Å². The van der Waals surface area contributed by atoms with Crippen LogP contribution in [0.4, 0.5) is 0 Å². The van der Waals surface area contributed by atoms with Crippen LogP contribution in [0.1, 0.15) is 46.5 Å². The lowest BCUT2D eigenvalue weighted by Crippen LogP contribution is -2.60. The first-order valence-electron chi connectivity index (χ1n) is 11.4. The summed E-state index contributed by atoms with van der Waals surface area (Å²) in [6.07, 6.45) is 4.89. The highest BCUT2D eigenvalue weighted by atomic mass is 16.6. The van der Waals surface area contributed by atoms with Gasteiger partial charge >= 0.3 is 5.97 Å². The summed E-state index contributed by atoms with van der Waals surface area (Å²) in [5, 5.41) is 9.39. The number of hydrogen-bond acceptors (Lipinski definition) is 6. The zero-order valence-electron chi connectivity index (χ0n) is 19.4. The Balaban J connectivity index is 1.98. The molecule has 1 spiro atoms. The summed E-state index contributed by atoms with van der Waals surface area (Å²) >= 11 is 0. The number of hydrogen-bond donors (Lipinski definition) is 1. The molecule has 3 heterocycles. The number of amides is 2. The molecule has 2 unspecified atom stereocenters. The molecule has 8 heteroatoms. The quantitative estimate of drug-likeness (QED) is 0.310. The van der Waals surface area contributed by atoms with Crippen LogP contribution >= 0.6 is 0 Å². The Morgan fingerprint density at radius 1 is 1.34 bits per heavy atom. The lowest BCUT2D eigenvalue weighted by molar-refractivity contribution is -0.155. The number of nitrogens with zero attached hydrogens (tertiary/aromatic N) is 2. The topological polar surface area (TPSA) is 96.4 Å². The van der Waals surface area contributed by atoms with E-state index in [4.69, 9.17) is 9.47 Å². The molecule has 3 rings (SSSR count). The molecular formula is C24H36N2O6. The van der Waals surface area contributed by atoms with E-state index in [0.29, 0.717) is 32.2 Å². The molecule has 178 valence electrons. The number of fused-ring (bicyclic) bond motifs is 1. The maximum atomic E-state index is 13.9. The van der Waals surface area contributed by atoms with Gasteiger partial charge in [0.25, 0.3) is 0 Å². The fraction of sp³-hybridized carbons (Fsp3) is 0.708. The molecule has 3 fully saturated rings. The predicted octanol–water partition coefficient (Wildman–Crippen LogP) is 1.68. The zero-order valence-corrected chi connectivity index (χ0v) is 19.4.